The van der Waals surface area contributed by atoms with Crippen molar-refractivity contribution in [3.05, 3.63) is 35.6 Å². The van der Waals surface area contributed by atoms with Crippen molar-refractivity contribution in [2.24, 2.45) is 11.7 Å². The maximum Gasteiger partial charge on any atom is 0.123 e. The van der Waals surface area contributed by atoms with E-state index in [9.17, 15) is 4.39 Å². The fraction of sp³-hybridized carbons (Fsp3) is 0.571. The van der Waals surface area contributed by atoms with Gasteiger partial charge in [-0.05, 0) is 37.0 Å². The van der Waals surface area contributed by atoms with Crippen LogP contribution >= 0.6 is 0 Å². The smallest absolute Gasteiger partial charge is 0.123 e. The van der Waals surface area contributed by atoms with Crippen molar-refractivity contribution in [2.45, 2.75) is 32.4 Å². The molecule has 1 aliphatic rings. The summed E-state index contributed by atoms with van der Waals surface area (Å²) in [5.41, 5.74) is 7.08. The first-order valence-corrected chi connectivity index (χ1v) is 6.31. The molecular weight excluding hydrogens is 215 g/mol. The lowest BCUT2D eigenvalue weighted by molar-refractivity contribution is 0.124. The van der Waals surface area contributed by atoms with Crippen LogP contribution < -0.4 is 5.73 Å². The number of nitrogens with two attached hydrogens (primary N) is 1. The van der Waals surface area contributed by atoms with Crippen LogP contribution in [0.3, 0.4) is 0 Å². The second-order valence-electron chi connectivity index (χ2n) is 5.29. The lowest BCUT2D eigenvalue weighted by Crippen LogP contribution is -2.47. The second-order valence-corrected chi connectivity index (χ2v) is 5.29. The first kappa shape index (κ1) is 12.5. The molecule has 17 heavy (non-hydrogen) atoms. The van der Waals surface area contributed by atoms with E-state index in [0.29, 0.717) is 5.92 Å². The molecule has 0 radical (unpaired) electrons. The van der Waals surface area contributed by atoms with Gasteiger partial charge in [0.05, 0.1) is 0 Å². The van der Waals surface area contributed by atoms with Crippen LogP contribution in [0.5, 0.6) is 0 Å². The Morgan fingerprint density at radius 2 is 2.18 bits per heavy atom. The minimum absolute atomic E-state index is 0.163. The van der Waals surface area contributed by atoms with Crippen LogP contribution in [0.1, 0.15) is 31.9 Å². The van der Waals surface area contributed by atoms with E-state index in [1.165, 1.54) is 6.07 Å². The summed E-state index contributed by atoms with van der Waals surface area (Å²) in [6, 6.07) is 7.35. The molecule has 3 atom stereocenters. The first-order chi connectivity index (χ1) is 8.06. The number of hydrogen-bond donors (Lipinski definition) is 1. The molecule has 2 N–H and O–H groups in total. The van der Waals surface area contributed by atoms with Gasteiger partial charge in [-0.1, -0.05) is 19.1 Å². The summed E-state index contributed by atoms with van der Waals surface area (Å²) < 4.78 is 13.2. The number of rotatable bonds is 2. The molecule has 0 saturated carbocycles. The largest absolute Gasteiger partial charge is 0.327 e. The predicted octanol–water partition coefficient (Wildman–Crippen LogP) is 2.56. The third-order valence-corrected chi connectivity index (χ3v) is 3.60. The van der Waals surface area contributed by atoms with E-state index < -0.39 is 0 Å². The highest BCUT2D eigenvalue weighted by atomic mass is 19.1. The summed E-state index contributed by atoms with van der Waals surface area (Å²) >= 11 is 0. The van der Waals surface area contributed by atoms with Crippen molar-refractivity contribution in [3.63, 3.8) is 0 Å². The summed E-state index contributed by atoms with van der Waals surface area (Å²) in [5.74, 6) is 0.457. The molecule has 1 saturated heterocycles. The zero-order valence-electron chi connectivity index (χ0n) is 10.6. The van der Waals surface area contributed by atoms with Crippen molar-refractivity contribution < 1.29 is 4.39 Å². The standard InChI is InChI=1S/C14H21FN2/c1-10-6-14(16)9-17(8-10)11(2)12-4-3-5-13(15)7-12/h3-5,7,10-11,14H,6,8-9,16H2,1-2H3. The third kappa shape index (κ3) is 3.05. The SMILES string of the molecule is CC1CC(N)CN(C(C)c2cccc(F)c2)C1. The summed E-state index contributed by atoms with van der Waals surface area (Å²) in [6.45, 7) is 6.30. The average molecular weight is 236 g/mol. The summed E-state index contributed by atoms with van der Waals surface area (Å²) in [7, 11) is 0. The molecule has 0 spiro atoms. The third-order valence-electron chi connectivity index (χ3n) is 3.60. The number of piperidine rings is 1. The lowest BCUT2D eigenvalue weighted by atomic mass is 9.94. The molecule has 1 heterocycles. The fourth-order valence-electron chi connectivity index (χ4n) is 2.74. The second kappa shape index (κ2) is 5.15. The maximum absolute atomic E-state index is 13.2. The molecular formula is C14H21FN2. The molecule has 1 aromatic carbocycles. The minimum Gasteiger partial charge on any atom is -0.327 e. The molecule has 0 bridgehead atoms. The Morgan fingerprint density at radius 3 is 2.82 bits per heavy atom. The van der Waals surface area contributed by atoms with E-state index in [1.807, 2.05) is 6.07 Å². The van der Waals surface area contributed by atoms with Crippen molar-refractivity contribution in [2.75, 3.05) is 13.1 Å². The Bertz CT molecular complexity index is 370. The highest BCUT2D eigenvalue weighted by molar-refractivity contribution is 5.19. The molecule has 1 aromatic rings. The normalized spacial score (nSPS) is 28.0. The Labute approximate surface area is 103 Å². The summed E-state index contributed by atoms with van der Waals surface area (Å²) in [5, 5.41) is 0. The van der Waals surface area contributed by atoms with E-state index in [1.54, 1.807) is 12.1 Å². The van der Waals surface area contributed by atoms with E-state index in [2.05, 4.69) is 18.7 Å². The van der Waals surface area contributed by atoms with Gasteiger partial charge in [-0.15, -0.1) is 0 Å². The highest BCUT2D eigenvalue weighted by Crippen LogP contribution is 2.26. The maximum atomic E-state index is 13.2. The molecule has 94 valence electrons. The van der Waals surface area contributed by atoms with Gasteiger partial charge in [-0.25, -0.2) is 4.39 Å². The van der Waals surface area contributed by atoms with Gasteiger partial charge in [-0.2, -0.15) is 0 Å². The van der Waals surface area contributed by atoms with Gasteiger partial charge in [-0.3, -0.25) is 4.90 Å². The van der Waals surface area contributed by atoms with Crippen molar-refractivity contribution >= 4 is 0 Å². The van der Waals surface area contributed by atoms with Gasteiger partial charge in [0.25, 0.3) is 0 Å². The van der Waals surface area contributed by atoms with Crippen LogP contribution in [0.2, 0.25) is 0 Å². The van der Waals surface area contributed by atoms with Gasteiger partial charge in [0.1, 0.15) is 5.82 Å². The van der Waals surface area contributed by atoms with E-state index in [-0.39, 0.29) is 17.9 Å². The van der Waals surface area contributed by atoms with E-state index >= 15 is 0 Å². The van der Waals surface area contributed by atoms with Gasteiger partial charge in [0, 0.05) is 25.2 Å². The van der Waals surface area contributed by atoms with Crippen LogP contribution in [0.15, 0.2) is 24.3 Å². The van der Waals surface area contributed by atoms with Gasteiger partial charge in [0.15, 0.2) is 0 Å². The topological polar surface area (TPSA) is 29.3 Å². The van der Waals surface area contributed by atoms with Gasteiger partial charge in [0.2, 0.25) is 0 Å². The molecule has 1 fully saturated rings. The first-order valence-electron chi connectivity index (χ1n) is 6.31. The van der Waals surface area contributed by atoms with Crippen molar-refractivity contribution in [3.8, 4) is 0 Å². The molecule has 1 aliphatic heterocycles. The van der Waals surface area contributed by atoms with Crippen LogP contribution in [0, 0.1) is 11.7 Å². The fourth-order valence-corrected chi connectivity index (χ4v) is 2.74. The summed E-state index contributed by atoms with van der Waals surface area (Å²) in [6.07, 6.45) is 1.09. The molecule has 3 heteroatoms. The molecule has 2 nitrogen and oxygen atoms in total. The van der Waals surface area contributed by atoms with Gasteiger partial charge < -0.3 is 5.73 Å². The number of nitrogens with zero attached hydrogens (tertiary/aromatic N) is 1. The van der Waals surface area contributed by atoms with Gasteiger partial charge >= 0.3 is 0 Å². The van der Waals surface area contributed by atoms with Crippen molar-refractivity contribution in [1.29, 1.82) is 0 Å². The number of hydrogen-bond acceptors (Lipinski definition) is 2. The van der Waals surface area contributed by atoms with Crippen LogP contribution in [0.25, 0.3) is 0 Å². The average Bonchev–Trinajstić information content (AvgIpc) is 2.26. The molecule has 0 amide bonds. The van der Waals surface area contributed by atoms with E-state index in [4.69, 9.17) is 5.73 Å². The molecule has 0 aromatic heterocycles. The molecule has 2 rings (SSSR count). The lowest BCUT2D eigenvalue weighted by Gasteiger charge is -2.38. The quantitative estimate of drug-likeness (QED) is 0.855. The number of likely N-dealkylation sites (tertiary alicyclic amines) is 1. The monoisotopic (exact) mass is 236 g/mol. The number of benzene rings is 1. The van der Waals surface area contributed by atoms with Crippen LogP contribution in [0.4, 0.5) is 4.39 Å². The highest BCUT2D eigenvalue weighted by Gasteiger charge is 2.26. The predicted molar refractivity (Wildman–Crippen MR) is 68.1 cm³/mol. The molecule has 0 aliphatic carbocycles. The summed E-state index contributed by atoms with van der Waals surface area (Å²) in [4.78, 5) is 2.35. The zero-order chi connectivity index (χ0) is 12.4. The van der Waals surface area contributed by atoms with Crippen LogP contribution in [-0.2, 0) is 0 Å². The Balaban J connectivity index is 2.11. The van der Waals surface area contributed by atoms with Crippen LogP contribution in [-0.4, -0.2) is 24.0 Å². The minimum atomic E-state index is -0.163. The van der Waals surface area contributed by atoms with E-state index in [0.717, 1.165) is 25.1 Å². The molecule has 3 unspecified atom stereocenters. The Hall–Kier alpha value is -0.930. The number of halogens is 1. The Morgan fingerprint density at radius 1 is 1.41 bits per heavy atom. The zero-order valence-corrected chi connectivity index (χ0v) is 10.6. The Kier molecular flexibility index (Phi) is 3.79. The van der Waals surface area contributed by atoms with Crippen molar-refractivity contribution in [1.82, 2.24) is 4.90 Å².